The van der Waals surface area contributed by atoms with Gasteiger partial charge in [0, 0.05) is 26.2 Å². The van der Waals surface area contributed by atoms with Gasteiger partial charge in [-0.3, -0.25) is 0 Å². The molecule has 0 bridgehead atoms. The molecule has 0 fully saturated rings. The van der Waals surface area contributed by atoms with Crippen LogP contribution in [-0.4, -0.2) is 57.9 Å². The molecule has 0 aliphatic heterocycles. The minimum Gasteiger partial charge on any atom is -0.393 e. The fraction of sp³-hybridized carbons (Fsp3) is 0.700. The van der Waals surface area contributed by atoms with E-state index in [0.29, 0.717) is 39.0 Å². The van der Waals surface area contributed by atoms with Crippen molar-refractivity contribution in [3.63, 3.8) is 0 Å². The molecule has 0 radical (unpaired) electrons. The van der Waals surface area contributed by atoms with Crippen molar-refractivity contribution in [2.45, 2.75) is 78.0 Å². The molecule has 0 spiro atoms. The molecule has 6 N–H and O–H groups in total. The molecule has 0 amide bonds. The van der Waals surface area contributed by atoms with Gasteiger partial charge < -0.3 is 31.1 Å². The third-order valence-electron chi connectivity index (χ3n) is 4.04. The normalized spacial score (nSPS) is 16.3. The van der Waals surface area contributed by atoms with E-state index in [-0.39, 0.29) is 0 Å². The Labute approximate surface area is 157 Å². The molecule has 6 nitrogen and oxygen atoms in total. The second kappa shape index (κ2) is 11.6. The van der Waals surface area contributed by atoms with E-state index in [9.17, 15) is 20.4 Å². The highest BCUT2D eigenvalue weighted by Crippen LogP contribution is 2.22. The van der Waals surface area contributed by atoms with Gasteiger partial charge in [0.25, 0.3) is 0 Å². The van der Waals surface area contributed by atoms with Crippen LogP contribution < -0.4 is 10.6 Å². The van der Waals surface area contributed by atoms with E-state index in [0.717, 1.165) is 22.3 Å². The molecule has 0 aliphatic carbocycles. The van der Waals surface area contributed by atoms with E-state index in [1.165, 1.54) is 0 Å². The first-order valence-corrected chi connectivity index (χ1v) is 9.46. The van der Waals surface area contributed by atoms with Crippen molar-refractivity contribution in [2.24, 2.45) is 0 Å². The van der Waals surface area contributed by atoms with E-state index in [4.69, 9.17) is 0 Å². The zero-order valence-electron chi connectivity index (χ0n) is 16.5. The van der Waals surface area contributed by atoms with Gasteiger partial charge in [-0.15, -0.1) is 0 Å². The third-order valence-corrected chi connectivity index (χ3v) is 4.04. The lowest BCUT2D eigenvalue weighted by Crippen LogP contribution is -2.27. The largest absolute Gasteiger partial charge is 0.393 e. The van der Waals surface area contributed by atoms with Crippen LogP contribution >= 0.6 is 0 Å². The molecule has 1 aromatic rings. The molecule has 0 heterocycles. The van der Waals surface area contributed by atoms with Crippen LogP contribution in [0.5, 0.6) is 0 Å². The van der Waals surface area contributed by atoms with Gasteiger partial charge in [-0.1, -0.05) is 12.1 Å². The first-order chi connectivity index (χ1) is 12.2. The van der Waals surface area contributed by atoms with Crippen molar-refractivity contribution >= 4 is 0 Å². The molecule has 0 saturated heterocycles. The fourth-order valence-electron chi connectivity index (χ4n) is 3.03. The average molecular weight is 369 g/mol. The number of nitrogens with one attached hydrogen (secondary N) is 2. The summed E-state index contributed by atoms with van der Waals surface area (Å²) in [6.45, 7) is 9.19. The van der Waals surface area contributed by atoms with Crippen molar-refractivity contribution in [1.82, 2.24) is 10.6 Å². The topological polar surface area (TPSA) is 105 Å². The Morgan fingerprint density at radius 3 is 1.50 bits per heavy atom. The molecule has 26 heavy (non-hydrogen) atoms. The van der Waals surface area contributed by atoms with Crippen LogP contribution in [-0.2, 0) is 25.9 Å². The summed E-state index contributed by atoms with van der Waals surface area (Å²) >= 11 is 0. The fourth-order valence-corrected chi connectivity index (χ4v) is 3.03. The summed E-state index contributed by atoms with van der Waals surface area (Å²) in [5, 5.41) is 45.1. The second-order valence-electron chi connectivity index (χ2n) is 7.46. The van der Waals surface area contributed by atoms with Gasteiger partial charge in [-0.25, -0.2) is 0 Å². The lowest BCUT2D eigenvalue weighted by molar-refractivity contribution is 0.188. The smallest absolute Gasteiger partial charge is 0.0636 e. The van der Waals surface area contributed by atoms with Gasteiger partial charge in [-0.05, 0) is 62.8 Å². The minimum absolute atomic E-state index is 0.409. The van der Waals surface area contributed by atoms with E-state index in [1.807, 2.05) is 0 Å². The third kappa shape index (κ3) is 9.07. The van der Waals surface area contributed by atoms with Crippen LogP contribution in [0.2, 0.25) is 0 Å². The highest BCUT2D eigenvalue weighted by atomic mass is 16.3. The average Bonchev–Trinajstić information content (AvgIpc) is 2.48. The highest BCUT2D eigenvalue weighted by molar-refractivity contribution is 5.40. The van der Waals surface area contributed by atoms with Gasteiger partial charge in [0.05, 0.1) is 24.4 Å². The molecule has 4 atom stereocenters. The van der Waals surface area contributed by atoms with Crippen molar-refractivity contribution < 1.29 is 20.4 Å². The summed E-state index contributed by atoms with van der Waals surface area (Å²) in [4.78, 5) is 0. The molecule has 1 rings (SSSR count). The summed E-state index contributed by atoms with van der Waals surface area (Å²) in [6.07, 6.45) is -0.714. The zero-order valence-corrected chi connectivity index (χ0v) is 16.5. The van der Waals surface area contributed by atoms with E-state index < -0.39 is 24.4 Å². The number of hydrogen-bond acceptors (Lipinski definition) is 6. The standard InChI is InChI=1S/C20H36N2O4/c1-13(23)5-18-7-17(11-21-9-15(3)25)8-19(6-14(2)24)20(18)12-22-10-16(4)26/h7-8,13-16,21-26H,5-6,9-12H2,1-4H3. The number of rotatable bonds is 12. The zero-order chi connectivity index (χ0) is 19.7. The van der Waals surface area contributed by atoms with Crippen LogP contribution in [0.3, 0.4) is 0 Å². The van der Waals surface area contributed by atoms with Crippen molar-refractivity contribution in [3.05, 3.63) is 34.4 Å². The molecule has 0 aliphatic rings. The van der Waals surface area contributed by atoms with Crippen molar-refractivity contribution in [1.29, 1.82) is 0 Å². The molecule has 0 aromatic heterocycles. The lowest BCUT2D eigenvalue weighted by Gasteiger charge is -2.20. The van der Waals surface area contributed by atoms with Gasteiger partial charge in [0.1, 0.15) is 0 Å². The molecule has 1 aromatic carbocycles. The molecule has 6 heteroatoms. The number of aliphatic hydroxyl groups is 4. The Kier molecular flexibility index (Phi) is 10.3. The second-order valence-corrected chi connectivity index (χ2v) is 7.46. The molecule has 150 valence electrons. The molecule has 4 unspecified atom stereocenters. The van der Waals surface area contributed by atoms with Crippen LogP contribution in [0.15, 0.2) is 12.1 Å². The summed E-state index contributed by atoms with van der Waals surface area (Å²) in [6, 6.07) is 4.15. The summed E-state index contributed by atoms with van der Waals surface area (Å²) < 4.78 is 0. The van der Waals surface area contributed by atoms with Crippen LogP contribution in [0.25, 0.3) is 0 Å². The maximum atomic E-state index is 9.90. The molecular weight excluding hydrogens is 332 g/mol. The maximum Gasteiger partial charge on any atom is 0.0636 e. The van der Waals surface area contributed by atoms with E-state index >= 15 is 0 Å². The Hall–Kier alpha value is -1.02. The number of aliphatic hydroxyl groups excluding tert-OH is 4. The van der Waals surface area contributed by atoms with E-state index in [1.54, 1.807) is 27.7 Å². The Balaban J connectivity index is 3.10. The number of hydrogen-bond donors (Lipinski definition) is 6. The van der Waals surface area contributed by atoms with Gasteiger partial charge in [-0.2, -0.15) is 0 Å². The quantitative estimate of drug-likeness (QED) is 0.321. The van der Waals surface area contributed by atoms with E-state index in [2.05, 4.69) is 22.8 Å². The van der Waals surface area contributed by atoms with Crippen molar-refractivity contribution in [3.8, 4) is 0 Å². The van der Waals surface area contributed by atoms with Crippen LogP contribution in [0.1, 0.15) is 49.9 Å². The first kappa shape index (κ1) is 23.0. The SMILES string of the molecule is CC(O)CNCc1cc(CC(C)O)c(CNCC(C)O)c(CC(C)O)c1. The summed E-state index contributed by atoms with van der Waals surface area (Å²) in [7, 11) is 0. The Morgan fingerprint density at radius 2 is 1.12 bits per heavy atom. The Morgan fingerprint density at radius 1 is 0.692 bits per heavy atom. The van der Waals surface area contributed by atoms with Gasteiger partial charge in [0.15, 0.2) is 0 Å². The predicted octanol–water partition coefficient (Wildman–Crippen LogP) is 0.474. The monoisotopic (exact) mass is 368 g/mol. The molecule has 0 saturated carbocycles. The van der Waals surface area contributed by atoms with Crippen LogP contribution in [0.4, 0.5) is 0 Å². The molecular formula is C20H36N2O4. The van der Waals surface area contributed by atoms with Gasteiger partial charge >= 0.3 is 0 Å². The van der Waals surface area contributed by atoms with Crippen molar-refractivity contribution in [2.75, 3.05) is 13.1 Å². The predicted molar refractivity (Wildman–Crippen MR) is 104 cm³/mol. The summed E-state index contributed by atoms with van der Waals surface area (Å²) in [5.41, 5.74) is 4.23. The number of benzene rings is 1. The van der Waals surface area contributed by atoms with Gasteiger partial charge in [0.2, 0.25) is 0 Å². The highest BCUT2D eigenvalue weighted by Gasteiger charge is 2.15. The first-order valence-electron chi connectivity index (χ1n) is 9.46. The minimum atomic E-state index is -0.467. The summed E-state index contributed by atoms with van der Waals surface area (Å²) in [5.74, 6) is 0. The maximum absolute atomic E-state index is 9.90. The lowest BCUT2D eigenvalue weighted by atomic mass is 9.91. The van der Waals surface area contributed by atoms with Crippen LogP contribution in [0, 0.1) is 0 Å². The Bertz CT molecular complexity index is 500.